The van der Waals surface area contributed by atoms with E-state index in [0.717, 1.165) is 18.1 Å². The maximum atomic E-state index is 13.7. The van der Waals surface area contributed by atoms with Gasteiger partial charge in [0, 0.05) is 41.5 Å². The largest absolute Gasteiger partial charge is 0.345 e. The number of hydrogen-bond donors (Lipinski definition) is 2. The Morgan fingerprint density at radius 1 is 1.42 bits per heavy atom. The highest BCUT2D eigenvalue weighted by Crippen LogP contribution is 2.22. The summed E-state index contributed by atoms with van der Waals surface area (Å²) in [7, 11) is 0. The van der Waals surface area contributed by atoms with Crippen LogP contribution in [0.1, 0.15) is 29.9 Å². The van der Waals surface area contributed by atoms with Crippen LogP contribution in [0.5, 0.6) is 0 Å². The first-order valence-electron chi connectivity index (χ1n) is 6.41. The third-order valence-corrected chi connectivity index (χ3v) is 3.60. The van der Waals surface area contributed by atoms with Crippen molar-refractivity contribution in [2.45, 2.75) is 31.8 Å². The van der Waals surface area contributed by atoms with Crippen molar-refractivity contribution in [3.8, 4) is 0 Å². The van der Waals surface area contributed by atoms with Crippen LogP contribution < -0.4 is 5.32 Å². The quantitative estimate of drug-likeness (QED) is 0.883. The second-order valence-corrected chi connectivity index (χ2v) is 5.29. The van der Waals surface area contributed by atoms with E-state index in [1.807, 2.05) is 0 Å². The third kappa shape index (κ3) is 3.14. The number of aromatic amines is 1. The highest BCUT2D eigenvalue weighted by atomic mass is 35.5. The SMILES string of the molecule is Fc1cccc(Cl)c1Cc1ncc(CNC2CC2)[nH]1. The summed E-state index contributed by atoms with van der Waals surface area (Å²) in [5.41, 5.74) is 1.51. The molecule has 1 aromatic carbocycles. The van der Waals surface area contributed by atoms with Crippen molar-refractivity contribution in [3.05, 3.63) is 52.3 Å². The molecular weight excluding hydrogens is 265 g/mol. The lowest BCUT2D eigenvalue weighted by Gasteiger charge is -2.03. The Balaban J connectivity index is 1.68. The van der Waals surface area contributed by atoms with Gasteiger partial charge in [0.2, 0.25) is 0 Å². The van der Waals surface area contributed by atoms with Crippen molar-refractivity contribution in [2.24, 2.45) is 0 Å². The van der Waals surface area contributed by atoms with Crippen molar-refractivity contribution in [2.75, 3.05) is 0 Å². The fourth-order valence-corrected chi connectivity index (χ4v) is 2.23. The molecular formula is C14H15ClFN3. The highest BCUT2D eigenvalue weighted by Gasteiger charge is 2.20. The van der Waals surface area contributed by atoms with Crippen molar-refractivity contribution >= 4 is 11.6 Å². The first kappa shape index (κ1) is 12.6. The predicted molar refractivity (Wildman–Crippen MR) is 72.7 cm³/mol. The Bertz CT molecular complexity index is 558. The molecule has 0 spiro atoms. The van der Waals surface area contributed by atoms with Crippen LogP contribution in [0, 0.1) is 5.82 Å². The van der Waals surface area contributed by atoms with Crippen LogP contribution in [0.4, 0.5) is 4.39 Å². The predicted octanol–water partition coefficient (Wildman–Crippen LogP) is 3.04. The molecule has 1 heterocycles. The molecule has 1 aromatic heterocycles. The summed E-state index contributed by atoms with van der Waals surface area (Å²) in [5, 5.41) is 3.84. The average molecular weight is 280 g/mol. The molecule has 2 N–H and O–H groups in total. The molecule has 0 bridgehead atoms. The van der Waals surface area contributed by atoms with E-state index in [4.69, 9.17) is 11.6 Å². The maximum absolute atomic E-state index is 13.7. The summed E-state index contributed by atoms with van der Waals surface area (Å²) < 4.78 is 13.7. The zero-order valence-corrected chi connectivity index (χ0v) is 11.2. The number of aromatic nitrogens is 2. The minimum absolute atomic E-state index is 0.290. The first-order chi connectivity index (χ1) is 9.22. The number of rotatable bonds is 5. The summed E-state index contributed by atoms with van der Waals surface area (Å²) in [6.07, 6.45) is 4.69. The van der Waals surface area contributed by atoms with Crippen LogP contribution in [0.2, 0.25) is 5.02 Å². The number of benzene rings is 1. The fraction of sp³-hybridized carbons (Fsp3) is 0.357. The van der Waals surface area contributed by atoms with E-state index in [-0.39, 0.29) is 5.82 Å². The van der Waals surface area contributed by atoms with E-state index in [1.165, 1.54) is 18.9 Å². The van der Waals surface area contributed by atoms with E-state index < -0.39 is 0 Å². The Hall–Kier alpha value is -1.39. The van der Waals surface area contributed by atoms with E-state index in [2.05, 4.69) is 15.3 Å². The van der Waals surface area contributed by atoms with Crippen LogP contribution in [0.15, 0.2) is 24.4 Å². The minimum atomic E-state index is -0.290. The molecule has 2 aromatic rings. The topological polar surface area (TPSA) is 40.7 Å². The Morgan fingerprint density at radius 2 is 2.26 bits per heavy atom. The van der Waals surface area contributed by atoms with E-state index in [0.29, 0.717) is 23.0 Å². The van der Waals surface area contributed by atoms with Gasteiger partial charge in [0.25, 0.3) is 0 Å². The lowest BCUT2D eigenvalue weighted by molar-refractivity contribution is 0.612. The van der Waals surface area contributed by atoms with Crippen LogP contribution in [-0.4, -0.2) is 16.0 Å². The summed E-state index contributed by atoms with van der Waals surface area (Å²) in [6, 6.07) is 5.37. The van der Waals surface area contributed by atoms with E-state index in [1.54, 1.807) is 18.3 Å². The van der Waals surface area contributed by atoms with Gasteiger partial charge in [-0.15, -0.1) is 0 Å². The molecule has 0 saturated heterocycles. The molecule has 3 nitrogen and oxygen atoms in total. The molecule has 19 heavy (non-hydrogen) atoms. The summed E-state index contributed by atoms with van der Waals surface area (Å²) in [5.74, 6) is 0.446. The van der Waals surface area contributed by atoms with E-state index in [9.17, 15) is 4.39 Å². The van der Waals surface area contributed by atoms with Crippen LogP contribution >= 0.6 is 11.6 Å². The summed E-state index contributed by atoms with van der Waals surface area (Å²) >= 11 is 6.00. The lowest BCUT2D eigenvalue weighted by Crippen LogP contribution is -2.15. The Morgan fingerprint density at radius 3 is 3.00 bits per heavy atom. The number of nitrogens with one attached hydrogen (secondary N) is 2. The maximum Gasteiger partial charge on any atom is 0.128 e. The normalized spacial score (nSPS) is 14.8. The Labute approximate surface area is 116 Å². The van der Waals surface area contributed by atoms with Gasteiger partial charge >= 0.3 is 0 Å². The molecule has 1 aliphatic carbocycles. The van der Waals surface area contributed by atoms with Crippen LogP contribution in [0.25, 0.3) is 0 Å². The summed E-state index contributed by atoms with van der Waals surface area (Å²) in [4.78, 5) is 7.47. The van der Waals surface area contributed by atoms with Crippen LogP contribution in [-0.2, 0) is 13.0 Å². The molecule has 100 valence electrons. The molecule has 1 aliphatic rings. The molecule has 1 saturated carbocycles. The molecule has 0 radical (unpaired) electrons. The zero-order chi connectivity index (χ0) is 13.2. The highest BCUT2D eigenvalue weighted by molar-refractivity contribution is 6.31. The molecule has 3 rings (SSSR count). The minimum Gasteiger partial charge on any atom is -0.345 e. The molecule has 0 atom stereocenters. The summed E-state index contributed by atoms with van der Waals surface area (Å²) in [6.45, 7) is 0.780. The van der Waals surface area contributed by atoms with Gasteiger partial charge in [0.1, 0.15) is 11.6 Å². The van der Waals surface area contributed by atoms with E-state index >= 15 is 0 Å². The molecule has 1 fully saturated rings. The first-order valence-corrected chi connectivity index (χ1v) is 6.79. The number of nitrogens with zero attached hydrogens (tertiary/aromatic N) is 1. The van der Waals surface area contributed by atoms with Gasteiger partial charge in [0.15, 0.2) is 0 Å². The van der Waals surface area contributed by atoms with Crippen molar-refractivity contribution in [3.63, 3.8) is 0 Å². The smallest absolute Gasteiger partial charge is 0.128 e. The molecule has 5 heteroatoms. The second kappa shape index (κ2) is 5.31. The number of halogens is 2. The van der Waals surface area contributed by atoms with Gasteiger partial charge < -0.3 is 10.3 Å². The second-order valence-electron chi connectivity index (χ2n) is 4.89. The monoisotopic (exact) mass is 279 g/mol. The standard InChI is InChI=1S/C14H15ClFN3/c15-12-2-1-3-13(16)11(12)6-14-18-8-10(19-14)7-17-9-4-5-9/h1-3,8-9,17H,4-7H2,(H,18,19). The van der Waals surface area contributed by atoms with Gasteiger partial charge in [-0.05, 0) is 25.0 Å². The number of imidazole rings is 1. The average Bonchev–Trinajstić information content (AvgIpc) is 3.11. The lowest BCUT2D eigenvalue weighted by atomic mass is 10.1. The number of H-pyrrole nitrogens is 1. The molecule has 0 amide bonds. The number of hydrogen-bond acceptors (Lipinski definition) is 2. The van der Waals surface area contributed by atoms with Crippen molar-refractivity contribution < 1.29 is 4.39 Å². The third-order valence-electron chi connectivity index (χ3n) is 3.25. The van der Waals surface area contributed by atoms with Gasteiger partial charge in [-0.25, -0.2) is 9.37 Å². The van der Waals surface area contributed by atoms with Gasteiger partial charge in [-0.2, -0.15) is 0 Å². The van der Waals surface area contributed by atoms with Crippen molar-refractivity contribution in [1.82, 2.24) is 15.3 Å². The van der Waals surface area contributed by atoms with Crippen LogP contribution in [0.3, 0.4) is 0 Å². The van der Waals surface area contributed by atoms with Gasteiger partial charge in [-0.3, -0.25) is 0 Å². The molecule has 0 unspecified atom stereocenters. The van der Waals surface area contributed by atoms with Crippen molar-refractivity contribution in [1.29, 1.82) is 0 Å². The fourth-order valence-electron chi connectivity index (χ4n) is 2.00. The van der Waals surface area contributed by atoms with Gasteiger partial charge in [-0.1, -0.05) is 17.7 Å². The Kier molecular flexibility index (Phi) is 3.53. The zero-order valence-electron chi connectivity index (χ0n) is 10.4. The van der Waals surface area contributed by atoms with Gasteiger partial charge in [0.05, 0.1) is 0 Å². The molecule has 0 aliphatic heterocycles.